The average molecular weight is 338 g/mol. The van der Waals surface area contributed by atoms with Gasteiger partial charge in [-0.3, -0.25) is 9.59 Å². The van der Waals surface area contributed by atoms with E-state index in [9.17, 15) is 9.59 Å². The Morgan fingerprint density at radius 3 is 2.48 bits per heavy atom. The molecule has 2 aromatic rings. The molecule has 3 rings (SSSR count). The fourth-order valence-electron chi connectivity index (χ4n) is 3.71. The molecular formula is C21H26N2O2. The summed E-state index contributed by atoms with van der Waals surface area (Å²) < 4.78 is 1.44. The van der Waals surface area contributed by atoms with Gasteiger partial charge in [0.05, 0.1) is 6.04 Å². The maximum atomic E-state index is 12.5. The maximum Gasteiger partial charge on any atom is 0.250 e. The summed E-state index contributed by atoms with van der Waals surface area (Å²) in [4.78, 5) is 24.3. The largest absolute Gasteiger partial charge is 0.348 e. The van der Waals surface area contributed by atoms with Crippen LogP contribution in [-0.4, -0.2) is 10.5 Å². The van der Waals surface area contributed by atoms with Gasteiger partial charge in [-0.2, -0.15) is 0 Å². The molecule has 1 aliphatic carbocycles. The van der Waals surface area contributed by atoms with Gasteiger partial charge in [0.15, 0.2) is 0 Å². The molecule has 0 saturated heterocycles. The molecule has 1 aromatic heterocycles. The number of nitrogens with zero attached hydrogens (tertiary/aromatic N) is 1. The number of hydrogen-bond acceptors (Lipinski definition) is 2. The molecule has 1 aromatic carbocycles. The molecule has 0 bridgehead atoms. The quantitative estimate of drug-likeness (QED) is 0.873. The van der Waals surface area contributed by atoms with Crippen LogP contribution in [0.5, 0.6) is 0 Å². The normalized spacial score (nSPS) is 16.3. The molecule has 1 unspecified atom stereocenters. The first-order chi connectivity index (χ1) is 12.2. The number of benzene rings is 1. The number of carbonyl (C=O) groups is 1. The summed E-state index contributed by atoms with van der Waals surface area (Å²) in [5.41, 5.74) is 0.989. The number of aromatic nitrogens is 1. The van der Waals surface area contributed by atoms with Crippen LogP contribution in [0.25, 0.3) is 0 Å². The van der Waals surface area contributed by atoms with Crippen molar-refractivity contribution in [3.63, 3.8) is 0 Å². The van der Waals surface area contributed by atoms with Crippen molar-refractivity contribution in [1.29, 1.82) is 0 Å². The molecule has 4 nitrogen and oxygen atoms in total. The molecular weight excluding hydrogens is 312 g/mol. The zero-order chi connectivity index (χ0) is 17.5. The number of carbonyl (C=O) groups excluding carboxylic acids is 1. The van der Waals surface area contributed by atoms with Gasteiger partial charge in [0.2, 0.25) is 5.91 Å². The van der Waals surface area contributed by atoms with Gasteiger partial charge in [0.1, 0.15) is 6.54 Å². The van der Waals surface area contributed by atoms with E-state index in [4.69, 9.17) is 0 Å². The maximum absolute atomic E-state index is 12.5. The van der Waals surface area contributed by atoms with Crippen LogP contribution >= 0.6 is 0 Å². The van der Waals surface area contributed by atoms with Crippen LogP contribution in [0.3, 0.4) is 0 Å². The summed E-state index contributed by atoms with van der Waals surface area (Å²) >= 11 is 0. The predicted octanol–water partition coefficient (Wildman–Crippen LogP) is 3.68. The first-order valence-electron chi connectivity index (χ1n) is 9.22. The summed E-state index contributed by atoms with van der Waals surface area (Å²) in [5.74, 6) is 0.552. The highest BCUT2D eigenvalue weighted by atomic mass is 16.2. The Morgan fingerprint density at radius 2 is 1.76 bits per heavy atom. The van der Waals surface area contributed by atoms with E-state index in [1.54, 1.807) is 18.3 Å². The SMILES string of the molecule is O=C(Cn1ccccc1=O)NC(CC1CCCCC1)c1ccccc1. The number of pyridine rings is 1. The smallest absolute Gasteiger partial charge is 0.250 e. The van der Waals surface area contributed by atoms with E-state index in [0.29, 0.717) is 5.92 Å². The van der Waals surface area contributed by atoms with Crippen molar-refractivity contribution in [1.82, 2.24) is 9.88 Å². The molecule has 4 heteroatoms. The Kier molecular flexibility index (Phi) is 6.04. The van der Waals surface area contributed by atoms with E-state index in [2.05, 4.69) is 17.4 Å². The first-order valence-corrected chi connectivity index (χ1v) is 9.22. The second-order valence-corrected chi connectivity index (χ2v) is 6.94. The lowest BCUT2D eigenvalue weighted by molar-refractivity contribution is -0.122. The van der Waals surface area contributed by atoms with Gasteiger partial charge in [0.25, 0.3) is 5.56 Å². The average Bonchev–Trinajstić information content (AvgIpc) is 2.65. The summed E-state index contributed by atoms with van der Waals surface area (Å²) in [6.45, 7) is 0.0632. The molecule has 25 heavy (non-hydrogen) atoms. The zero-order valence-corrected chi connectivity index (χ0v) is 14.6. The van der Waals surface area contributed by atoms with Crippen LogP contribution in [0, 0.1) is 5.92 Å². The monoisotopic (exact) mass is 338 g/mol. The highest BCUT2D eigenvalue weighted by Crippen LogP contribution is 2.31. The second kappa shape index (κ2) is 8.65. The van der Waals surface area contributed by atoms with Crippen molar-refractivity contribution in [2.45, 2.75) is 51.1 Å². The molecule has 0 radical (unpaired) electrons. The van der Waals surface area contributed by atoms with Crippen molar-refractivity contribution in [2.75, 3.05) is 0 Å². The molecule has 1 N–H and O–H groups in total. The Labute approximate surface area is 148 Å². The molecule has 1 saturated carbocycles. The Hall–Kier alpha value is -2.36. The standard InChI is InChI=1S/C21H26N2O2/c24-20(16-23-14-8-7-13-21(23)25)22-19(18-11-5-2-6-12-18)15-17-9-3-1-4-10-17/h2,5-8,11-14,17,19H,1,3-4,9-10,15-16H2,(H,22,24). The van der Waals surface area contributed by atoms with Gasteiger partial charge < -0.3 is 9.88 Å². The fourth-order valence-corrected chi connectivity index (χ4v) is 3.71. The third kappa shape index (κ3) is 5.05. The van der Waals surface area contributed by atoms with E-state index >= 15 is 0 Å². The Balaban J connectivity index is 1.69. The Bertz CT molecular complexity index is 733. The minimum absolute atomic E-state index is 0.0104. The number of hydrogen-bond donors (Lipinski definition) is 1. The topological polar surface area (TPSA) is 51.1 Å². The highest BCUT2D eigenvalue weighted by Gasteiger charge is 2.21. The van der Waals surface area contributed by atoms with E-state index in [1.165, 1.54) is 42.7 Å². The lowest BCUT2D eigenvalue weighted by Gasteiger charge is -2.27. The van der Waals surface area contributed by atoms with Crippen molar-refractivity contribution in [3.8, 4) is 0 Å². The van der Waals surface area contributed by atoms with Gasteiger partial charge in [0, 0.05) is 12.3 Å². The molecule has 132 valence electrons. The van der Waals surface area contributed by atoms with E-state index in [0.717, 1.165) is 12.0 Å². The highest BCUT2D eigenvalue weighted by molar-refractivity contribution is 5.76. The summed E-state index contributed by atoms with van der Waals surface area (Å²) in [6.07, 6.45) is 9.03. The minimum atomic E-state index is -0.152. The first kappa shape index (κ1) is 17.5. The molecule has 0 aliphatic heterocycles. The number of nitrogens with one attached hydrogen (secondary N) is 1. The minimum Gasteiger partial charge on any atom is -0.348 e. The molecule has 1 atom stereocenters. The van der Waals surface area contributed by atoms with Gasteiger partial charge in [-0.25, -0.2) is 0 Å². The van der Waals surface area contributed by atoms with Crippen LogP contribution in [0.2, 0.25) is 0 Å². The molecule has 1 heterocycles. The summed E-state index contributed by atoms with van der Waals surface area (Å²) in [6, 6.07) is 15.1. The van der Waals surface area contributed by atoms with E-state index in [-0.39, 0.29) is 24.1 Å². The van der Waals surface area contributed by atoms with Crippen molar-refractivity contribution >= 4 is 5.91 Å². The molecule has 1 fully saturated rings. The van der Waals surface area contributed by atoms with Crippen molar-refractivity contribution in [3.05, 3.63) is 70.6 Å². The van der Waals surface area contributed by atoms with Crippen LogP contribution in [0.15, 0.2) is 59.5 Å². The predicted molar refractivity (Wildman–Crippen MR) is 99.2 cm³/mol. The van der Waals surface area contributed by atoms with E-state index < -0.39 is 0 Å². The van der Waals surface area contributed by atoms with Crippen LogP contribution < -0.4 is 10.9 Å². The molecule has 0 spiro atoms. The van der Waals surface area contributed by atoms with Gasteiger partial charge in [-0.15, -0.1) is 0 Å². The van der Waals surface area contributed by atoms with Gasteiger partial charge in [-0.1, -0.05) is 68.5 Å². The van der Waals surface area contributed by atoms with Gasteiger partial charge >= 0.3 is 0 Å². The van der Waals surface area contributed by atoms with Crippen LogP contribution in [-0.2, 0) is 11.3 Å². The summed E-state index contributed by atoms with van der Waals surface area (Å²) in [5, 5.41) is 3.16. The Morgan fingerprint density at radius 1 is 1.04 bits per heavy atom. The number of amides is 1. The fraction of sp³-hybridized carbons (Fsp3) is 0.429. The van der Waals surface area contributed by atoms with Crippen LogP contribution in [0.1, 0.15) is 50.1 Å². The third-order valence-corrected chi connectivity index (χ3v) is 5.04. The summed E-state index contributed by atoms with van der Waals surface area (Å²) in [7, 11) is 0. The zero-order valence-electron chi connectivity index (χ0n) is 14.6. The van der Waals surface area contributed by atoms with E-state index in [1.807, 2.05) is 18.2 Å². The third-order valence-electron chi connectivity index (χ3n) is 5.04. The molecule has 1 aliphatic rings. The van der Waals surface area contributed by atoms with Crippen LogP contribution in [0.4, 0.5) is 0 Å². The number of rotatable bonds is 6. The van der Waals surface area contributed by atoms with Crippen molar-refractivity contribution in [2.24, 2.45) is 5.92 Å². The van der Waals surface area contributed by atoms with Gasteiger partial charge in [-0.05, 0) is 24.0 Å². The lowest BCUT2D eigenvalue weighted by Crippen LogP contribution is -2.35. The lowest BCUT2D eigenvalue weighted by atomic mass is 9.83. The molecule has 1 amide bonds. The van der Waals surface area contributed by atoms with Crippen molar-refractivity contribution < 1.29 is 4.79 Å². The second-order valence-electron chi connectivity index (χ2n) is 6.94.